The number of carbonyl (C=O) groups is 2. The molecule has 3 heterocycles. The van der Waals surface area contributed by atoms with Crippen LogP contribution in [-0.2, 0) is 21.1 Å². The number of likely N-dealkylation sites (tertiary alicyclic amines) is 1. The number of hydrogen-bond acceptors (Lipinski definition) is 8. The topological polar surface area (TPSA) is 130 Å². The van der Waals surface area contributed by atoms with E-state index in [1.807, 2.05) is 19.2 Å². The highest BCUT2D eigenvalue weighted by Gasteiger charge is 2.32. The van der Waals surface area contributed by atoms with Gasteiger partial charge in [0.05, 0.1) is 24.0 Å². The molecule has 0 unspecified atom stereocenters. The predicted octanol–water partition coefficient (Wildman–Crippen LogP) is 0.478. The normalized spacial score (nSPS) is 19.0. The molecule has 1 aliphatic rings. The monoisotopic (exact) mass is 399 g/mol. The molecule has 1 saturated heterocycles. The number of amides is 1. The fourth-order valence-corrected chi connectivity index (χ4v) is 3.69. The van der Waals surface area contributed by atoms with Gasteiger partial charge in [0, 0.05) is 26.3 Å². The Morgan fingerprint density at radius 1 is 1.45 bits per heavy atom. The Morgan fingerprint density at radius 2 is 2.24 bits per heavy atom. The largest absolute Gasteiger partial charge is 0.443 e. The summed E-state index contributed by atoms with van der Waals surface area (Å²) in [6.07, 6.45) is 4.01. The number of nitriles is 1. The summed E-state index contributed by atoms with van der Waals surface area (Å²) < 4.78 is 6.81. The Bertz CT molecular complexity index is 936. The van der Waals surface area contributed by atoms with E-state index in [0.29, 0.717) is 24.7 Å². The second-order valence-corrected chi connectivity index (χ2v) is 7.19. The van der Waals surface area contributed by atoms with Gasteiger partial charge in [-0.1, -0.05) is 6.92 Å². The van der Waals surface area contributed by atoms with Crippen LogP contribution in [0.15, 0.2) is 18.6 Å². The van der Waals surface area contributed by atoms with Crippen LogP contribution in [-0.4, -0.2) is 64.0 Å². The van der Waals surface area contributed by atoms with Gasteiger partial charge in [-0.15, -0.1) is 0 Å². The van der Waals surface area contributed by atoms with E-state index in [1.54, 1.807) is 15.7 Å². The van der Waals surface area contributed by atoms with Crippen molar-refractivity contribution in [2.45, 2.75) is 32.5 Å². The van der Waals surface area contributed by atoms with Gasteiger partial charge < -0.3 is 20.3 Å². The van der Waals surface area contributed by atoms with Gasteiger partial charge in [0.2, 0.25) is 5.91 Å². The van der Waals surface area contributed by atoms with E-state index in [4.69, 9.17) is 15.7 Å². The van der Waals surface area contributed by atoms with E-state index in [-0.39, 0.29) is 31.6 Å². The maximum absolute atomic E-state index is 12.2. The van der Waals surface area contributed by atoms with Crippen LogP contribution in [0.4, 0.5) is 5.82 Å². The van der Waals surface area contributed by atoms with Crippen LogP contribution in [0.3, 0.4) is 0 Å². The molecule has 29 heavy (non-hydrogen) atoms. The summed E-state index contributed by atoms with van der Waals surface area (Å²) in [6.45, 7) is 3.20. The highest BCUT2D eigenvalue weighted by Crippen LogP contribution is 2.29. The van der Waals surface area contributed by atoms with E-state index < -0.39 is 5.97 Å². The number of likely N-dealkylation sites (N-methyl/N-ethyl adjacent to an activating group) is 1. The number of hydrogen-bond donors (Lipinski definition) is 1. The highest BCUT2D eigenvalue weighted by atomic mass is 16.5. The third-order valence-corrected chi connectivity index (χ3v) is 5.40. The smallest absolute Gasteiger partial charge is 0.321 e. The fraction of sp³-hybridized carbons (Fsp3) is 0.526. The van der Waals surface area contributed by atoms with Gasteiger partial charge in [-0.05, 0) is 18.4 Å². The van der Waals surface area contributed by atoms with Crippen LogP contribution in [0, 0.1) is 17.2 Å². The van der Waals surface area contributed by atoms with Gasteiger partial charge >= 0.3 is 5.97 Å². The second-order valence-electron chi connectivity index (χ2n) is 7.19. The van der Waals surface area contributed by atoms with E-state index in [9.17, 15) is 9.59 Å². The number of ether oxygens (including phenoxy) is 1. The molecule has 2 atom stereocenters. The van der Waals surface area contributed by atoms with Crippen molar-refractivity contribution in [3.05, 3.63) is 18.6 Å². The lowest BCUT2D eigenvalue weighted by atomic mass is 9.92. The standard InChI is InChI=1S/C19H25N7O3/c1-13-4-7-25(16(27)3-6-20)10-15(13)24(2)18-14-5-8-26(12-29-17(28)9-21)19(14)23-11-22-18/h5,8,11,13,15H,3-4,7,9-10,12,21H2,1-2H3/t13-,15+/m1/s1. The first-order valence-electron chi connectivity index (χ1n) is 9.49. The van der Waals surface area contributed by atoms with Crippen LogP contribution in [0.1, 0.15) is 19.8 Å². The summed E-state index contributed by atoms with van der Waals surface area (Å²) >= 11 is 0. The lowest BCUT2D eigenvalue weighted by molar-refractivity contribution is -0.145. The van der Waals surface area contributed by atoms with Gasteiger partial charge in [-0.3, -0.25) is 14.2 Å². The number of nitrogens with two attached hydrogens (primary N) is 1. The molecule has 1 aliphatic heterocycles. The van der Waals surface area contributed by atoms with Crippen molar-refractivity contribution in [2.75, 3.05) is 31.6 Å². The van der Waals surface area contributed by atoms with E-state index in [1.165, 1.54) is 6.33 Å². The first-order valence-corrected chi connectivity index (χ1v) is 9.49. The fourth-order valence-electron chi connectivity index (χ4n) is 3.69. The van der Waals surface area contributed by atoms with Crippen molar-refractivity contribution >= 4 is 28.7 Å². The number of piperidine rings is 1. The Hall–Kier alpha value is -3.19. The summed E-state index contributed by atoms with van der Waals surface area (Å²) in [6, 6.07) is 3.87. The molecule has 0 radical (unpaired) electrons. The third kappa shape index (κ3) is 4.30. The van der Waals surface area contributed by atoms with Crippen molar-refractivity contribution in [2.24, 2.45) is 11.7 Å². The van der Waals surface area contributed by atoms with Crippen molar-refractivity contribution < 1.29 is 14.3 Å². The molecule has 10 nitrogen and oxygen atoms in total. The average molecular weight is 399 g/mol. The molecule has 0 aromatic carbocycles. The van der Waals surface area contributed by atoms with E-state index >= 15 is 0 Å². The minimum atomic E-state index is -0.489. The Kier molecular flexibility index (Phi) is 6.29. The molecule has 0 saturated carbocycles. The highest BCUT2D eigenvalue weighted by molar-refractivity contribution is 5.88. The zero-order chi connectivity index (χ0) is 21.0. The summed E-state index contributed by atoms with van der Waals surface area (Å²) in [5, 5.41) is 9.65. The molecule has 0 aliphatic carbocycles. The average Bonchev–Trinajstić information content (AvgIpc) is 3.15. The number of carbonyl (C=O) groups excluding carboxylic acids is 2. The summed E-state index contributed by atoms with van der Waals surface area (Å²) in [5.74, 6) is 0.462. The summed E-state index contributed by atoms with van der Waals surface area (Å²) in [7, 11) is 1.95. The molecule has 0 spiro atoms. The summed E-state index contributed by atoms with van der Waals surface area (Å²) in [4.78, 5) is 36.1. The van der Waals surface area contributed by atoms with Gasteiger partial charge in [0.1, 0.15) is 24.2 Å². The van der Waals surface area contributed by atoms with Crippen LogP contribution >= 0.6 is 0 Å². The molecule has 10 heteroatoms. The number of nitrogens with zero attached hydrogens (tertiary/aromatic N) is 6. The maximum atomic E-state index is 12.2. The molecule has 3 rings (SSSR count). The molecular weight excluding hydrogens is 374 g/mol. The third-order valence-electron chi connectivity index (χ3n) is 5.40. The lowest BCUT2D eigenvalue weighted by Gasteiger charge is -2.42. The van der Waals surface area contributed by atoms with Gasteiger partial charge in [0.15, 0.2) is 6.73 Å². The zero-order valence-corrected chi connectivity index (χ0v) is 16.6. The Labute approximate surface area is 168 Å². The van der Waals surface area contributed by atoms with Gasteiger partial charge in [0.25, 0.3) is 0 Å². The number of esters is 1. The lowest BCUT2D eigenvalue weighted by Crippen LogP contribution is -2.52. The SMILES string of the molecule is C[C@@H]1CCN(C(=O)CC#N)C[C@@H]1N(C)c1ncnc2c1ccn2COC(=O)CN. The maximum Gasteiger partial charge on any atom is 0.321 e. The van der Waals surface area contributed by atoms with Crippen molar-refractivity contribution in [3.63, 3.8) is 0 Å². The first-order chi connectivity index (χ1) is 14.0. The summed E-state index contributed by atoms with van der Waals surface area (Å²) in [5.41, 5.74) is 5.92. The molecular formula is C19H25N7O3. The minimum absolute atomic E-state index is 0.0238. The van der Waals surface area contributed by atoms with Gasteiger partial charge in [-0.2, -0.15) is 5.26 Å². The van der Waals surface area contributed by atoms with Gasteiger partial charge in [-0.25, -0.2) is 9.97 Å². The number of anilines is 1. The number of aromatic nitrogens is 3. The first kappa shape index (κ1) is 20.5. The van der Waals surface area contributed by atoms with E-state index in [0.717, 1.165) is 17.6 Å². The minimum Gasteiger partial charge on any atom is -0.443 e. The predicted molar refractivity (Wildman–Crippen MR) is 105 cm³/mol. The Morgan fingerprint density at radius 3 is 2.97 bits per heavy atom. The number of fused-ring (bicyclic) bond motifs is 1. The van der Waals surface area contributed by atoms with Crippen LogP contribution in [0.2, 0.25) is 0 Å². The van der Waals surface area contributed by atoms with Crippen molar-refractivity contribution in [3.8, 4) is 6.07 Å². The number of rotatable bonds is 6. The van der Waals surface area contributed by atoms with Crippen LogP contribution < -0.4 is 10.6 Å². The quantitative estimate of drug-likeness (QED) is 0.694. The van der Waals surface area contributed by atoms with Crippen LogP contribution in [0.25, 0.3) is 11.0 Å². The van der Waals surface area contributed by atoms with E-state index in [2.05, 4.69) is 21.8 Å². The zero-order valence-electron chi connectivity index (χ0n) is 16.6. The molecule has 2 aromatic heterocycles. The second kappa shape index (κ2) is 8.87. The van der Waals surface area contributed by atoms with Crippen molar-refractivity contribution in [1.82, 2.24) is 19.4 Å². The molecule has 0 bridgehead atoms. The van der Waals surface area contributed by atoms with Crippen molar-refractivity contribution in [1.29, 1.82) is 5.26 Å². The Balaban J connectivity index is 1.83. The molecule has 1 amide bonds. The molecule has 1 fully saturated rings. The molecule has 154 valence electrons. The van der Waals surface area contributed by atoms with Crippen LogP contribution in [0.5, 0.6) is 0 Å². The molecule has 2 N–H and O–H groups in total. The molecule has 2 aromatic rings.